The van der Waals surface area contributed by atoms with Gasteiger partial charge < -0.3 is 14.8 Å². The van der Waals surface area contributed by atoms with Gasteiger partial charge in [0.25, 0.3) is 0 Å². The van der Waals surface area contributed by atoms with E-state index >= 15 is 0 Å². The monoisotopic (exact) mass is 375 g/mol. The number of nitrogens with zero attached hydrogens (tertiary/aromatic N) is 4. The zero-order chi connectivity index (χ0) is 18.2. The van der Waals surface area contributed by atoms with Crippen LogP contribution in [0.5, 0.6) is 11.5 Å². The molecule has 0 bridgehead atoms. The fraction of sp³-hybridized carbons (Fsp3) is 0.105. The summed E-state index contributed by atoms with van der Waals surface area (Å²) in [6.07, 6.45) is 1.79. The lowest BCUT2D eigenvalue weighted by atomic mass is 10.1. The van der Waals surface area contributed by atoms with Crippen LogP contribution in [0.3, 0.4) is 0 Å². The van der Waals surface area contributed by atoms with E-state index in [1.807, 2.05) is 34.8 Å². The van der Waals surface area contributed by atoms with Crippen molar-refractivity contribution in [3.8, 4) is 28.8 Å². The summed E-state index contributed by atoms with van der Waals surface area (Å²) in [5.41, 5.74) is 3.57. The van der Waals surface area contributed by atoms with Crippen LogP contribution >= 0.6 is 11.3 Å². The van der Waals surface area contributed by atoms with Crippen LogP contribution < -0.4 is 14.8 Å². The minimum atomic E-state index is 0.272. The van der Waals surface area contributed by atoms with Gasteiger partial charge in [0.15, 0.2) is 11.5 Å². The Labute approximate surface area is 158 Å². The summed E-state index contributed by atoms with van der Waals surface area (Å²) < 4.78 is 12.6. The second-order valence-electron chi connectivity index (χ2n) is 5.98. The summed E-state index contributed by atoms with van der Waals surface area (Å²) in [4.78, 5) is 5.25. The molecular formula is C19H13N5O2S. The number of benzene rings is 2. The van der Waals surface area contributed by atoms with Gasteiger partial charge in [-0.05, 0) is 29.8 Å². The Hall–Kier alpha value is -3.57. The lowest BCUT2D eigenvalue weighted by Crippen LogP contribution is -2.00. The molecule has 132 valence electrons. The third kappa shape index (κ3) is 2.84. The molecule has 0 saturated carbocycles. The van der Waals surface area contributed by atoms with Gasteiger partial charge in [-0.3, -0.25) is 0 Å². The molecule has 27 heavy (non-hydrogen) atoms. The van der Waals surface area contributed by atoms with E-state index in [0.29, 0.717) is 12.1 Å². The van der Waals surface area contributed by atoms with Crippen molar-refractivity contribution in [3.05, 3.63) is 59.8 Å². The van der Waals surface area contributed by atoms with E-state index in [9.17, 15) is 0 Å². The van der Waals surface area contributed by atoms with E-state index in [1.165, 1.54) is 11.3 Å². The summed E-state index contributed by atoms with van der Waals surface area (Å²) in [6.45, 7) is 0.896. The highest BCUT2D eigenvalue weighted by molar-refractivity contribution is 7.20. The number of fused-ring (bicyclic) bond motifs is 2. The van der Waals surface area contributed by atoms with Crippen LogP contribution in [0.1, 0.15) is 11.1 Å². The molecule has 0 aliphatic carbocycles. The Morgan fingerprint density at radius 1 is 1.15 bits per heavy atom. The molecule has 0 atom stereocenters. The van der Waals surface area contributed by atoms with Gasteiger partial charge in [-0.2, -0.15) is 5.26 Å². The van der Waals surface area contributed by atoms with Crippen molar-refractivity contribution in [2.24, 2.45) is 0 Å². The molecule has 1 aliphatic heterocycles. The Balaban J connectivity index is 1.37. The molecule has 0 amide bonds. The van der Waals surface area contributed by atoms with Crippen LogP contribution in [0.15, 0.2) is 48.7 Å². The highest BCUT2D eigenvalue weighted by Crippen LogP contribution is 2.33. The summed E-state index contributed by atoms with van der Waals surface area (Å²) in [6, 6.07) is 15.4. The SMILES string of the molecule is N#Cc1ccc(-c2cnc3sc(NCc4ccc5c(c4)OCO5)nn23)cc1. The van der Waals surface area contributed by atoms with Crippen molar-refractivity contribution in [3.63, 3.8) is 0 Å². The number of nitriles is 1. The lowest BCUT2D eigenvalue weighted by molar-refractivity contribution is 0.174. The molecule has 1 aliphatic rings. The number of hydrogen-bond acceptors (Lipinski definition) is 7. The largest absolute Gasteiger partial charge is 0.454 e. The Morgan fingerprint density at radius 2 is 2.00 bits per heavy atom. The van der Waals surface area contributed by atoms with Crippen molar-refractivity contribution in [1.29, 1.82) is 5.26 Å². The molecular weight excluding hydrogens is 362 g/mol. The van der Waals surface area contributed by atoms with E-state index in [0.717, 1.165) is 38.4 Å². The first kappa shape index (κ1) is 15.7. The van der Waals surface area contributed by atoms with E-state index in [2.05, 4.69) is 21.5 Å². The predicted octanol–water partition coefficient (Wildman–Crippen LogP) is 3.67. The smallest absolute Gasteiger partial charge is 0.231 e. The van der Waals surface area contributed by atoms with E-state index in [1.54, 1.807) is 18.3 Å². The van der Waals surface area contributed by atoms with E-state index in [4.69, 9.17) is 14.7 Å². The first-order chi connectivity index (χ1) is 13.3. The molecule has 2 aromatic heterocycles. The molecule has 0 saturated heterocycles. The minimum absolute atomic E-state index is 0.272. The van der Waals surface area contributed by atoms with Crippen molar-refractivity contribution in [2.45, 2.75) is 6.54 Å². The van der Waals surface area contributed by atoms with Crippen LogP contribution in [0, 0.1) is 11.3 Å². The Bertz CT molecular complexity index is 1170. The molecule has 2 aromatic carbocycles. The lowest BCUT2D eigenvalue weighted by Gasteiger charge is -2.04. The first-order valence-electron chi connectivity index (χ1n) is 8.28. The standard InChI is InChI=1S/C19H13N5O2S/c20-8-12-1-4-14(5-2-12)15-10-22-19-24(15)23-18(27-19)21-9-13-3-6-16-17(7-13)26-11-25-16/h1-7,10H,9,11H2,(H,21,23). The third-order valence-corrected chi connectivity index (χ3v) is 5.16. The van der Waals surface area contributed by atoms with Gasteiger partial charge in [0.1, 0.15) is 0 Å². The summed E-state index contributed by atoms with van der Waals surface area (Å²) in [5, 5.41) is 17.7. The molecule has 0 unspecified atom stereocenters. The van der Waals surface area contributed by atoms with Crippen LogP contribution in [0.25, 0.3) is 16.2 Å². The second kappa shape index (κ2) is 6.30. The Morgan fingerprint density at radius 3 is 2.85 bits per heavy atom. The highest BCUT2D eigenvalue weighted by atomic mass is 32.1. The number of rotatable bonds is 4. The van der Waals surface area contributed by atoms with Gasteiger partial charge in [-0.1, -0.05) is 29.5 Å². The maximum Gasteiger partial charge on any atom is 0.231 e. The van der Waals surface area contributed by atoms with Gasteiger partial charge in [-0.25, -0.2) is 9.50 Å². The van der Waals surface area contributed by atoms with Crippen molar-refractivity contribution >= 4 is 21.4 Å². The van der Waals surface area contributed by atoms with Gasteiger partial charge in [0, 0.05) is 12.1 Å². The number of nitrogens with one attached hydrogen (secondary N) is 1. The molecule has 1 N–H and O–H groups in total. The molecule has 0 fully saturated rings. The van der Waals surface area contributed by atoms with Crippen LogP contribution in [-0.4, -0.2) is 21.4 Å². The average molecular weight is 375 g/mol. The molecule has 4 aromatic rings. The maximum absolute atomic E-state index is 8.94. The predicted molar refractivity (Wildman–Crippen MR) is 101 cm³/mol. The highest BCUT2D eigenvalue weighted by Gasteiger charge is 2.14. The van der Waals surface area contributed by atoms with Crippen molar-refractivity contribution < 1.29 is 9.47 Å². The van der Waals surface area contributed by atoms with Crippen LogP contribution in [-0.2, 0) is 6.54 Å². The number of ether oxygens (including phenoxy) is 2. The van der Waals surface area contributed by atoms with Gasteiger partial charge in [0.2, 0.25) is 16.9 Å². The van der Waals surface area contributed by atoms with Crippen LogP contribution in [0.4, 0.5) is 5.13 Å². The number of hydrogen-bond donors (Lipinski definition) is 1. The molecule has 7 nitrogen and oxygen atoms in total. The summed E-state index contributed by atoms with van der Waals surface area (Å²) >= 11 is 1.49. The zero-order valence-electron chi connectivity index (χ0n) is 14.0. The first-order valence-corrected chi connectivity index (χ1v) is 9.09. The quantitative estimate of drug-likeness (QED) is 0.586. The average Bonchev–Trinajstić information content (AvgIpc) is 3.41. The Kier molecular flexibility index (Phi) is 3.66. The number of imidazole rings is 1. The van der Waals surface area contributed by atoms with Gasteiger partial charge in [-0.15, -0.1) is 5.10 Å². The van der Waals surface area contributed by atoms with Crippen LogP contribution in [0.2, 0.25) is 0 Å². The summed E-state index contributed by atoms with van der Waals surface area (Å²) in [5.74, 6) is 1.55. The molecule has 3 heterocycles. The molecule has 8 heteroatoms. The summed E-state index contributed by atoms with van der Waals surface area (Å²) in [7, 11) is 0. The normalized spacial score (nSPS) is 12.3. The zero-order valence-corrected chi connectivity index (χ0v) is 14.9. The van der Waals surface area contributed by atoms with Gasteiger partial charge >= 0.3 is 0 Å². The fourth-order valence-electron chi connectivity index (χ4n) is 2.91. The number of aromatic nitrogens is 3. The molecule has 0 radical (unpaired) electrons. The minimum Gasteiger partial charge on any atom is -0.454 e. The topological polar surface area (TPSA) is 84.5 Å². The molecule has 5 rings (SSSR count). The molecule has 0 spiro atoms. The third-order valence-electron chi connectivity index (χ3n) is 4.28. The second-order valence-corrected chi connectivity index (χ2v) is 6.93. The van der Waals surface area contributed by atoms with Crippen molar-refractivity contribution in [1.82, 2.24) is 14.6 Å². The fourth-order valence-corrected chi connectivity index (χ4v) is 3.68. The van der Waals surface area contributed by atoms with E-state index < -0.39 is 0 Å². The van der Waals surface area contributed by atoms with E-state index in [-0.39, 0.29) is 6.79 Å². The van der Waals surface area contributed by atoms with Gasteiger partial charge in [0.05, 0.1) is 23.5 Å². The maximum atomic E-state index is 8.94. The number of anilines is 1. The van der Waals surface area contributed by atoms with Crippen molar-refractivity contribution in [2.75, 3.05) is 12.1 Å².